The molecule has 98 valence electrons. The maximum Gasteiger partial charge on any atom is 0.258 e. The van der Waals surface area contributed by atoms with E-state index in [1.54, 1.807) is 25.2 Å². The zero-order valence-electron chi connectivity index (χ0n) is 10.8. The van der Waals surface area contributed by atoms with E-state index in [4.69, 9.17) is 9.47 Å². The Balaban J connectivity index is 2.26. The molecule has 0 aromatic heterocycles. The van der Waals surface area contributed by atoms with Crippen molar-refractivity contribution >= 4 is 11.6 Å². The number of nitrogens with zero attached hydrogens (tertiary/aromatic N) is 1. The lowest BCUT2D eigenvalue weighted by atomic mass is 10.1. The van der Waals surface area contributed by atoms with E-state index in [0.717, 1.165) is 0 Å². The maximum absolute atomic E-state index is 11.9. The Labute approximate surface area is 106 Å². The fourth-order valence-electron chi connectivity index (χ4n) is 1.77. The summed E-state index contributed by atoms with van der Waals surface area (Å²) in [6.07, 6.45) is 0. The molecule has 1 aromatic carbocycles. The van der Waals surface area contributed by atoms with Crippen molar-refractivity contribution in [2.75, 3.05) is 25.2 Å². The first-order valence-corrected chi connectivity index (χ1v) is 5.80. The van der Waals surface area contributed by atoms with Crippen molar-refractivity contribution in [1.82, 2.24) is 0 Å². The summed E-state index contributed by atoms with van der Waals surface area (Å²) in [7, 11) is 1.62. The molecule has 1 heterocycles. The fraction of sp³-hybridized carbons (Fsp3) is 0.462. The van der Waals surface area contributed by atoms with Gasteiger partial charge in [0, 0.05) is 18.8 Å². The molecule has 1 aliphatic rings. The number of ether oxygens (including phenoxy) is 2. The van der Waals surface area contributed by atoms with Crippen molar-refractivity contribution in [3.8, 4) is 11.5 Å². The van der Waals surface area contributed by atoms with Gasteiger partial charge in [-0.15, -0.1) is 0 Å². The molecule has 0 saturated carbocycles. The van der Waals surface area contributed by atoms with Crippen LogP contribution in [0, 0.1) is 0 Å². The molecule has 0 atom stereocenters. The lowest BCUT2D eigenvalue weighted by Gasteiger charge is -2.26. The van der Waals surface area contributed by atoms with Crippen LogP contribution in [0.5, 0.6) is 11.5 Å². The standard InChI is InChI=1S/C13H17NO4/c1-13(2,16)12(15)14(3)9-4-5-10-11(8-9)18-7-6-17-10/h4-5,8,16H,6-7H2,1-3H3. The minimum absolute atomic E-state index is 0.376. The number of likely N-dealkylation sites (N-methyl/N-ethyl adjacent to an activating group) is 1. The third-order valence-electron chi connectivity index (χ3n) is 2.74. The molecule has 5 heteroatoms. The highest BCUT2D eigenvalue weighted by Gasteiger charge is 2.28. The van der Waals surface area contributed by atoms with E-state index < -0.39 is 5.60 Å². The fourth-order valence-corrected chi connectivity index (χ4v) is 1.77. The molecule has 0 radical (unpaired) electrons. The molecule has 0 unspecified atom stereocenters. The SMILES string of the molecule is CN(C(=O)C(C)(C)O)c1ccc2c(c1)OCCO2. The quantitative estimate of drug-likeness (QED) is 0.857. The van der Waals surface area contributed by atoms with Crippen molar-refractivity contribution in [2.24, 2.45) is 0 Å². The summed E-state index contributed by atoms with van der Waals surface area (Å²) in [5.41, 5.74) is -0.742. The smallest absolute Gasteiger partial charge is 0.258 e. The Hall–Kier alpha value is -1.75. The summed E-state index contributed by atoms with van der Waals surface area (Å²) in [5.74, 6) is 0.919. The van der Waals surface area contributed by atoms with Crippen LogP contribution in [0.3, 0.4) is 0 Å². The largest absolute Gasteiger partial charge is 0.486 e. The molecule has 18 heavy (non-hydrogen) atoms. The Kier molecular flexibility index (Phi) is 3.17. The molecule has 0 spiro atoms. The zero-order valence-corrected chi connectivity index (χ0v) is 10.8. The molecule has 0 aliphatic carbocycles. The third-order valence-corrected chi connectivity index (χ3v) is 2.74. The van der Waals surface area contributed by atoms with Crippen LogP contribution in [0.4, 0.5) is 5.69 Å². The number of hydrogen-bond donors (Lipinski definition) is 1. The summed E-state index contributed by atoms with van der Waals surface area (Å²) in [6.45, 7) is 3.96. The Morgan fingerprint density at radius 2 is 1.89 bits per heavy atom. The molecule has 1 amide bonds. The van der Waals surface area contributed by atoms with Crippen LogP contribution in [0.1, 0.15) is 13.8 Å². The number of fused-ring (bicyclic) bond motifs is 1. The predicted octanol–water partition coefficient (Wildman–Crippen LogP) is 1.19. The van der Waals surface area contributed by atoms with Crippen LogP contribution < -0.4 is 14.4 Å². The van der Waals surface area contributed by atoms with E-state index in [0.29, 0.717) is 30.4 Å². The van der Waals surface area contributed by atoms with Gasteiger partial charge in [-0.05, 0) is 26.0 Å². The van der Waals surface area contributed by atoms with Gasteiger partial charge in [-0.1, -0.05) is 0 Å². The number of hydrogen-bond acceptors (Lipinski definition) is 4. The molecular formula is C13H17NO4. The molecular weight excluding hydrogens is 234 g/mol. The van der Waals surface area contributed by atoms with Crippen LogP contribution in [0.2, 0.25) is 0 Å². The number of rotatable bonds is 2. The normalized spacial score (nSPS) is 14.2. The molecule has 0 bridgehead atoms. The van der Waals surface area contributed by atoms with Crippen molar-refractivity contribution < 1.29 is 19.4 Å². The molecule has 5 nitrogen and oxygen atoms in total. The van der Waals surface area contributed by atoms with E-state index in [2.05, 4.69) is 0 Å². The van der Waals surface area contributed by atoms with Crippen LogP contribution in [0.15, 0.2) is 18.2 Å². The van der Waals surface area contributed by atoms with Gasteiger partial charge in [0.1, 0.15) is 18.8 Å². The van der Waals surface area contributed by atoms with Crippen LogP contribution in [-0.4, -0.2) is 36.9 Å². The van der Waals surface area contributed by atoms with Gasteiger partial charge in [0.05, 0.1) is 0 Å². The molecule has 1 aromatic rings. The number of carbonyl (C=O) groups is 1. The first-order chi connectivity index (χ1) is 8.39. The Morgan fingerprint density at radius 3 is 2.50 bits per heavy atom. The van der Waals surface area contributed by atoms with Gasteiger partial charge >= 0.3 is 0 Å². The highest BCUT2D eigenvalue weighted by atomic mass is 16.6. The average molecular weight is 251 g/mol. The van der Waals surface area contributed by atoms with Gasteiger partial charge in [-0.3, -0.25) is 4.79 Å². The second kappa shape index (κ2) is 4.49. The van der Waals surface area contributed by atoms with Gasteiger partial charge in [-0.2, -0.15) is 0 Å². The first kappa shape index (κ1) is 12.7. The maximum atomic E-state index is 11.9. The number of benzene rings is 1. The first-order valence-electron chi connectivity index (χ1n) is 5.80. The van der Waals surface area contributed by atoms with Crippen molar-refractivity contribution in [2.45, 2.75) is 19.4 Å². The van der Waals surface area contributed by atoms with Gasteiger partial charge < -0.3 is 19.5 Å². The minimum Gasteiger partial charge on any atom is -0.486 e. The highest BCUT2D eigenvalue weighted by Crippen LogP contribution is 2.34. The topological polar surface area (TPSA) is 59.0 Å². The second-order valence-electron chi connectivity index (χ2n) is 4.75. The third kappa shape index (κ3) is 2.41. The Morgan fingerprint density at radius 1 is 1.28 bits per heavy atom. The van der Waals surface area contributed by atoms with E-state index in [9.17, 15) is 9.90 Å². The van der Waals surface area contributed by atoms with Gasteiger partial charge in [0.15, 0.2) is 11.5 Å². The predicted molar refractivity (Wildman–Crippen MR) is 67.1 cm³/mol. The molecule has 2 rings (SSSR count). The van der Waals surface area contributed by atoms with Crippen LogP contribution in [0.25, 0.3) is 0 Å². The minimum atomic E-state index is -1.40. The van der Waals surface area contributed by atoms with Gasteiger partial charge in [0.2, 0.25) is 0 Å². The van der Waals surface area contributed by atoms with Gasteiger partial charge in [-0.25, -0.2) is 0 Å². The van der Waals surface area contributed by atoms with Crippen molar-refractivity contribution in [1.29, 1.82) is 0 Å². The lowest BCUT2D eigenvalue weighted by Crippen LogP contribution is -2.43. The van der Waals surface area contributed by atoms with Crippen LogP contribution >= 0.6 is 0 Å². The molecule has 1 aliphatic heterocycles. The number of amides is 1. The van der Waals surface area contributed by atoms with Crippen LogP contribution in [-0.2, 0) is 4.79 Å². The van der Waals surface area contributed by atoms with E-state index in [1.807, 2.05) is 0 Å². The van der Waals surface area contributed by atoms with Crippen molar-refractivity contribution in [3.63, 3.8) is 0 Å². The second-order valence-corrected chi connectivity index (χ2v) is 4.75. The molecule has 1 N–H and O–H groups in total. The van der Waals surface area contributed by atoms with Crippen molar-refractivity contribution in [3.05, 3.63) is 18.2 Å². The summed E-state index contributed by atoms with van der Waals surface area (Å²) >= 11 is 0. The molecule has 0 fully saturated rings. The lowest BCUT2D eigenvalue weighted by molar-refractivity contribution is -0.133. The van der Waals surface area contributed by atoms with E-state index in [-0.39, 0.29) is 5.91 Å². The number of carbonyl (C=O) groups excluding carboxylic acids is 1. The van der Waals surface area contributed by atoms with Gasteiger partial charge in [0.25, 0.3) is 5.91 Å². The van der Waals surface area contributed by atoms with E-state index >= 15 is 0 Å². The summed E-state index contributed by atoms with van der Waals surface area (Å²) in [6, 6.07) is 5.26. The van der Waals surface area contributed by atoms with E-state index in [1.165, 1.54) is 18.7 Å². The molecule has 0 saturated heterocycles. The summed E-state index contributed by atoms with van der Waals surface area (Å²) in [4.78, 5) is 13.3. The Bertz CT molecular complexity index is 465. The summed E-state index contributed by atoms with van der Waals surface area (Å²) < 4.78 is 10.9. The zero-order chi connectivity index (χ0) is 13.3. The number of anilines is 1. The average Bonchev–Trinajstić information content (AvgIpc) is 2.35. The monoisotopic (exact) mass is 251 g/mol. The number of aliphatic hydroxyl groups is 1. The summed E-state index contributed by atoms with van der Waals surface area (Å²) in [5, 5.41) is 9.71. The highest BCUT2D eigenvalue weighted by molar-refractivity contribution is 5.98.